The number of carbonyl (C=O) groups excluding carboxylic acids is 3. The van der Waals surface area contributed by atoms with Gasteiger partial charge in [0, 0.05) is 12.8 Å². The predicted octanol–water partition coefficient (Wildman–Crippen LogP) is 16.3. The van der Waals surface area contributed by atoms with Crippen LogP contribution in [0.15, 0.2) is 72.9 Å². The molecule has 6 nitrogen and oxygen atoms in total. The Hall–Kier alpha value is -3.15. The van der Waals surface area contributed by atoms with Crippen LogP contribution in [0, 0.1) is 0 Å². The largest absolute Gasteiger partial charge is 0.462 e. The monoisotopic (exact) mass is 837 g/mol. The van der Waals surface area contributed by atoms with Gasteiger partial charge in [0.1, 0.15) is 13.2 Å². The van der Waals surface area contributed by atoms with Crippen LogP contribution in [0.1, 0.15) is 233 Å². The van der Waals surface area contributed by atoms with Gasteiger partial charge in [-0.05, 0) is 83.5 Å². The molecule has 0 rings (SSSR count). The van der Waals surface area contributed by atoms with Crippen LogP contribution in [0.25, 0.3) is 0 Å². The van der Waals surface area contributed by atoms with E-state index in [9.17, 15) is 14.4 Å². The fourth-order valence-corrected chi connectivity index (χ4v) is 6.72. The summed E-state index contributed by atoms with van der Waals surface area (Å²) in [4.78, 5) is 37.8. The van der Waals surface area contributed by atoms with E-state index in [1.807, 2.05) is 6.08 Å². The summed E-state index contributed by atoms with van der Waals surface area (Å²) < 4.78 is 16.6. The lowest BCUT2D eigenvalue weighted by Gasteiger charge is -2.18. The zero-order valence-corrected chi connectivity index (χ0v) is 39.2. The van der Waals surface area contributed by atoms with Gasteiger partial charge in [-0.25, -0.2) is 0 Å². The minimum atomic E-state index is -0.818. The Morgan fingerprint density at radius 1 is 0.383 bits per heavy atom. The smallest absolute Gasteiger partial charge is 0.309 e. The molecule has 0 N–H and O–H groups in total. The molecule has 0 aromatic heterocycles. The molecule has 0 fully saturated rings. The molecule has 6 heteroatoms. The second-order valence-corrected chi connectivity index (χ2v) is 16.4. The van der Waals surface area contributed by atoms with Crippen molar-refractivity contribution in [3.63, 3.8) is 0 Å². The highest BCUT2D eigenvalue weighted by Crippen LogP contribution is 2.14. The molecule has 0 aromatic rings. The number of hydrogen-bond acceptors (Lipinski definition) is 6. The SMILES string of the molecule is CC/C=C\C/C=C\C/C=C\CC(=O)OCC(COC(=O)CCCCCCC/C=C\CCCCCCCCCCC)OC(=O)CCCCCCCC/C=C\C=C/CCCCC. The van der Waals surface area contributed by atoms with Crippen LogP contribution in [0.5, 0.6) is 0 Å². The van der Waals surface area contributed by atoms with Crippen LogP contribution in [-0.4, -0.2) is 37.2 Å². The molecular formula is C54H92O6. The zero-order valence-electron chi connectivity index (χ0n) is 39.2. The fraction of sp³-hybridized carbons (Fsp3) is 0.722. The van der Waals surface area contributed by atoms with E-state index >= 15 is 0 Å². The van der Waals surface area contributed by atoms with Gasteiger partial charge in [0.25, 0.3) is 0 Å². The molecule has 60 heavy (non-hydrogen) atoms. The average molecular weight is 837 g/mol. The molecule has 0 amide bonds. The third-order valence-electron chi connectivity index (χ3n) is 10.5. The average Bonchev–Trinajstić information content (AvgIpc) is 3.24. The van der Waals surface area contributed by atoms with E-state index in [0.717, 1.165) is 83.5 Å². The predicted molar refractivity (Wildman–Crippen MR) is 256 cm³/mol. The Morgan fingerprint density at radius 2 is 0.767 bits per heavy atom. The van der Waals surface area contributed by atoms with Crippen molar-refractivity contribution in [2.45, 2.75) is 239 Å². The Balaban J connectivity index is 4.39. The van der Waals surface area contributed by atoms with Gasteiger partial charge in [-0.1, -0.05) is 203 Å². The number of allylic oxidation sites excluding steroid dienone is 11. The van der Waals surface area contributed by atoms with Crippen molar-refractivity contribution in [3.05, 3.63) is 72.9 Å². The number of esters is 3. The van der Waals surface area contributed by atoms with Crippen molar-refractivity contribution in [2.75, 3.05) is 13.2 Å². The quantitative estimate of drug-likeness (QED) is 0.0200. The second-order valence-electron chi connectivity index (χ2n) is 16.4. The molecule has 0 bridgehead atoms. The Morgan fingerprint density at radius 3 is 1.28 bits per heavy atom. The van der Waals surface area contributed by atoms with Crippen molar-refractivity contribution in [2.24, 2.45) is 0 Å². The summed E-state index contributed by atoms with van der Waals surface area (Å²) in [6, 6.07) is 0. The molecule has 0 aromatic carbocycles. The first-order chi connectivity index (χ1) is 29.5. The van der Waals surface area contributed by atoms with Gasteiger partial charge in [0.15, 0.2) is 6.10 Å². The lowest BCUT2D eigenvalue weighted by atomic mass is 10.1. The highest BCUT2D eigenvalue weighted by atomic mass is 16.6. The van der Waals surface area contributed by atoms with Crippen LogP contribution in [0.2, 0.25) is 0 Å². The normalized spacial score (nSPS) is 12.7. The van der Waals surface area contributed by atoms with Crippen molar-refractivity contribution in [1.82, 2.24) is 0 Å². The van der Waals surface area contributed by atoms with E-state index in [0.29, 0.717) is 12.8 Å². The summed E-state index contributed by atoms with van der Waals surface area (Å²) in [5.41, 5.74) is 0. The van der Waals surface area contributed by atoms with E-state index in [1.54, 1.807) is 6.08 Å². The molecule has 0 aliphatic heterocycles. The molecule has 0 spiro atoms. The zero-order chi connectivity index (χ0) is 43.7. The maximum Gasteiger partial charge on any atom is 0.309 e. The summed E-state index contributed by atoms with van der Waals surface area (Å²) in [7, 11) is 0. The number of hydrogen-bond donors (Lipinski definition) is 0. The summed E-state index contributed by atoms with van der Waals surface area (Å²) in [6.07, 6.45) is 60.7. The molecule has 0 radical (unpaired) electrons. The second kappa shape index (κ2) is 48.5. The van der Waals surface area contributed by atoms with Crippen LogP contribution < -0.4 is 0 Å². The van der Waals surface area contributed by atoms with Gasteiger partial charge < -0.3 is 14.2 Å². The molecule has 1 unspecified atom stereocenters. The lowest BCUT2D eigenvalue weighted by molar-refractivity contribution is -0.166. The highest BCUT2D eigenvalue weighted by molar-refractivity contribution is 5.72. The van der Waals surface area contributed by atoms with Gasteiger partial charge >= 0.3 is 17.9 Å². The molecule has 0 heterocycles. The third-order valence-corrected chi connectivity index (χ3v) is 10.5. The van der Waals surface area contributed by atoms with Gasteiger partial charge in [-0.15, -0.1) is 0 Å². The van der Waals surface area contributed by atoms with Crippen LogP contribution in [0.4, 0.5) is 0 Å². The van der Waals surface area contributed by atoms with Gasteiger partial charge in [-0.3, -0.25) is 14.4 Å². The Bertz CT molecular complexity index is 1140. The molecule has 0 saturated heterocycles. The Kier molecular flexibility index (Phi) is 46.0. The van der Waals surface area contributed by atoms with Gasteiger partial charge in [0.05, 0.1) is 6.42 Å². The van der Waals surface area contributed by atoms with E-state index in [1.165, 1.54) is 109 Å². The van der Waals surface area contributed by atoms with Crippen molar-refractivity contribution in [3.8, 4) is 0 Å². The van der Waals surface area contributed by atoms with Crippen molar-refractivity contribution < 1.29 is 28.6 Å². The van der Waals surface area contributed by atoms with Crippen LogP contribution >= 0.6 is 0 Å². The van der Waals surface area contributed by atoms with E-state index in [-0.39, 0.29) is 31.6 Å². The lowest BCUT2D eigenvalue weighted by Crippen LogP contribution is -2.30. The molecule has 0 saturated carbocycles. The van der Waals surface area contributed by atoms with Crippen LogP contribution in [-0.2, 0) is 28.6 Å². The summed E-state index contributed by atoms with van der Waals surface area (Å²) in [6.45, 7) is 6.37. The molecule has 1 atom stereocenters. The number of carbonyl (C=O) groups is 3. The van der Waals surface area contributed by atoms with Gasteiger partial charge in [0.2, 0.25) is 0 Å². The first kappa shape index (κ1) is 56.9. The molecule has 0 aliphatic carbocycles. The van der Waals surface area contributed by atoms with E-state index in [4.69, 9.17) is 14.2 Å². The maximum absolute atomic E-state index is 12.7. The standard InChI is InChI=1S/C54H92O6/c1-4-7-10-13-16-19-21-23-25-26-27-29-30-32-35-38-41-44-47-53(56)59-50-51(49-58-52(55)46-43-40-37-34-18-15-12-9-6-3)60-54(57)48-45-42-39-36-33-31-28-24-22-20-17-14-11-8-5-2/h9,12,17-18,20,22,24,27,29,34,40,43,51H,4-8,10-11,13-16,19,21,23,25-26,28,30-33,35-39,41-42,44-50H2,1-3H3/b12-9-,20-17-,24-22-,29-27-,34-18-,43-40-. The minimum absolute atomic E-state index is 0.112. The molecule has 344 valence electrons. The minimum Gasteiger partial charge on any atom is -0.462 e. The fourth-order valence-electron chi connectivity index (χ4n) is 6.72. The summed E-state index contributed by atoms with van der Waals surface area (Å²) in [5.74, 6) is -1.06. The first-order valence-electron chi connectivity index (χ1n) is 25.0. The number of unbranched alkanes of at least 4 members (excludes halogenated alkanes) is 23. The summed E-state index contributed by atoms with van der Waals surface area (Å²) >= 11 is 0. The summed E-state index contributed by atoms with van der Waals surface area (Å²) in [5, 5.41) is 0. The maximum atomic E-state index is 12.7. The third kappa shape index (κ3) is 45.9. The van der Waals surface area contributed by atoms with Crippen LogP contribution in [0.3, 0.4) is 0 Å². The first-order valence-corrected chi connectivity index (χ1v) is 25.0. The number of rotatable bonds is 44. The van der Waals surface area contributed by atoms with E-state index < -0.39 is 12.1 Å². The topological polar surface area (TPSA) is 78.9 Å². The van der Waals surface area contributed by atoms with Gasteiger partial charge in [-0.2, -0.15) is 0 Å². The van der Waals surface area contributed by atoms with Crippen molar-refractivity contribution >= 4 is 17.9 Å². The molecule has 0 aliphatic rings. The molecular weight excluding hydrogens is 745 g/mol. The van der Waals surface area contributed by atoms with E-state index in [2.05, 4.69) is 81.5 Å². The Labute approximate surface area is 370 Å². The van der Waals surface area contributed by atoms with Crippen molar-refractivity contribution in [1.29, 1.82) is 0 Å². The number of ether oxygens (including phenoxy) is 3. The highest BCUT2D eigenvalue weighted by Gasteiger charge is 2.19.